The molecule has 0 aromatic heterocycles. The van der Waals surface area contributed by atoms with Gasteiger partial charge in [-0.2, -0.15) is 5.10 Å². The van der Waals surface area contributed by atoms with Gasteiger partial charge in [-0.15, -0.1) is 0 Å². The molecule has 0 amide bonds. The molecule has 3 unspecified atom stereocenters. The number of fused-ring (bicyclic) bond motifs is 1. The van der Waals surface area contributed by atoms with E-state index in [0.29, 0.717) is 5.84 Å². The van der Waals surface area contributed by atoms with Crippen molar-refractivity contribution < 1.29 is 14.2 Å². The summed E-state index contributed by atoms with van der Waals surface area (Å²) < 4.78 is 20.4. The van der Waals surface area contributed by atoms with Crippen molar-refractivity contribution >= 4 is 18.0 Å². The molecule has 1 fully saturated rings. The van der Waals surface area contributed by atoms with Gasteiger partial charge in [-0.3, -0.25) is 4.99 Å². The summed E-state index contributed by atoms with van der Waals surface area (Å²) in [5.41, 5.74) is 4.13. The molecular weight excluding hydrogens is 253 g/mol. The van der Waals surface area contributed by atoms with E-state index in [1.807, 2.05) is 6.92 Å². The number of rotatable bonds is 2. The van der Waals surface area contributed by atoms with Gasteiger partial charge in [-0.1, -0.05) is 0 Å². The van der Waals surface area contributed by atoms with Gasteiger partial charge in [0.25, 0.3) is 0 Å². The second-order valence-corrected chi connectivity index (χ2v) is 5.08. The van der Waals surface area contributed by atoms with Crippen molar-refractivity contribution in [1.82, 2.24) is 5.01 Å². The van der Waals surface area contributed by atoms with Gasteiger partial charge < -0.3 is 15.6 Å². The first-order valence-corrected chi connectivity index (χ1v) is 6.19. The highest BCUT2D eigenvalue weighted by molar-refractivity contribution is 6.42. The summed E-state index contributed by atoms with van der Waals surface area (Å²) in [6.07, 6.45) is 0.952. The SMILES string of the molecule is CC1N=C2C(N)=NC=NN2C1C1(F)CO[C@H](CO)C1. The smallest absolute Gasteiger partial charge is 0.188 e. The van der Waals surface area contributed by atoms with Gasteiger partial charge >= 0.3 is 0 Å². The first-order valence-electron chi connectivity index (χ1n) is 6.19. The molecule has 3 rings (SSSR count). The summed E-state index contributed by atoms with van der Waals surface area (Å²) in [5.74, 6) is 0.648. The summed E-state index contributed by atoms with van der Waals surface area (Å²) >= 11 is 0. The number of hydrogen-bond donors (Lipinski definition) is 2. The first kappa shape index (κ1) is 12.5. The van der Waals surface area contributed by atoms with Crippen molar-refractivity contribution in [3.63, 3.8) is 0 Å². The van der Waals surface area contributed by atoms with Crippen LogP contribution in [0.5, 0.6) is 0 Å². The van der Waals surface area contributed by atoms with Crippen LogP contribution in [0.15, 0.2) is 15.1 Å². The van der Waals surface area contributed by atoms with Crippen LogP contribution in [0.2, 0.25) is 0 Å². The maximum absolute atomic E-state index is 15.1. The second kappa shape index (κ2) is 4.24. The Morgan fingerprint density at radius 3 is 3.16 bits per heavy atom. The maximum Gasteiger partial charge on any atom is 0.188 e. The van der Waals surface area contributed by atoms with Crippen LogP contribution in [0.25, 0.3) is 0 Å². The Hall–Kier alpha value is -1.54. The zero-order valence-electron chi connectivity index (χ0n) is 10.5. The van der Waals surface area contributed by atoms with E-state index in [9.17, 15) is 0 Å². The average molecular weight is 269 g/mol. The summed E-state index contributed by atoms with van der Waals surface area (Å²) in [6, 6.07) is -0.880. The Morgan fingerprint density at radius 2 is 2.47 bits per heavy atom. The molecule has 19 heavy (non-hydrogen) atoms. The maximum atomic E-state index is 15.1. The number of nitrogens with zero attached hydrogens (tertiary/aromatic N) is 4. The number of amidine groups is 2. The second-order valence-electron chi connectivity index (χ2n) is 5.08. The molecule has 3 heterocycles. The Bertz CT molecular complexity index is 480. The number of aliphatic imine (C=N–C) groups is 2. The van der Waals surface area contributed by atoms with E-state index >= 15 is 4.39 Å². The van der Waals surface area contributed by atoms with Crippen LogP contribution in [0.1, 0.15) is 13.3 Å². The summed E-state index contributed by atoms with van der Waals surface area (Å²) in [4.78, 5) is 8.19. The van der Waals surface area contributed by atoms with Crippen LogP contribution < -0.4 is 5.73 Å². The molecule has 3 N–H and O–H groups in total. The van der Waals surface area contributed by atoms with Crippen LogP contribution in [0, 0.1) is 0 Å². The van der Waals surface area contributed by atoms with E-state index in [0.717, 1.165) is 0 Å². The van der Waals surface area contributed by atoms with Gasteiger partial charge in [0.2, 0.25) is 0 Å². The molecule has 7 nitrogen and oxygen atoms in total. The molecule has 8 heteroatoms. The molecule has 3 aliphatic rings. The van der Waals surface area contributed by atoms with Gasteiger partial charge in [0, 0.05) is 6.42 Å². The van der Waals surface area contributed by atoms with E-state index in [2.05, 4.69) is 15.1 Å². The molecule has 0 radical (unpaired) electrons. The lowest BCUT2D eigenvalue weighted by atomic mass is 9.89. The molecule has 0 spiro atoms. The Morgan fingerprint density at radius 1 is 1.68 bits per heavy atom. The molecule has 104 valence electrons. The van der Waals surface area contributed by atoms with Crippen molar-refractivity contribution in [2.75, 3.05) is 13.2 Å². The number of nitrogens with two attached hydrogens (primary N) is 1. The Balaban J connectivity index is 1.87. The number of alkyl halides is 1. The van der Waals surface area contributed by atoms with Gasteiger partial charge in [-0.25, -0.2) is 14.4 Å². The van der Waals surface area contributed by atoms with Crippen molar-refractivity contribution in [2.45, 2.75) is 37.2 Å². The lowest BCUT2D eigenvalue weighted by molar-refractivity contribution is 0.0258. The summed E-state index contributed by atoms with van der Waals surface area (Å²) in [5, 5.41) is 14.6. The predicted octanol–water partition coefficient (Wildman–Crippen LogP) is -0.739. The van der Waals surface area contributed by atoms with Gasteiger partial charge in [0.05, 0.1) is 25.4 Å². The third-order valence-corrected chi connectivity index (χ3v) is 3.73. The predicted molar refractivity (Wildman–Crippen MR) is 67.9 cm³/mol. The van der Waals surface area contributed by atoms with E-state index < -0.39 is 17.8 Å². The third kappa shape index (κ3) is 1.82. The van der Waals surface area contributed by atoms with Crippen LogP contribution in [0.4, 0.5) is 4.39 Å². The Kier molecular flexibility index (Phi) is 2.79. The summed E-state index contributed by atoms with van der Waals surface area (Å²) in [7, 11) is 0. The minimum Gasteiger partial charge on any atom is -0.394 e. The zero-order chi connectivity index (χ0) is 13.6. The fourth-order valence-corrected chi connectivity index (χ4v) is 2.90. The van der Waals surface area contributed by atoms with Crippen molar-refractivity contribution in [3.8, 4) is 0 Å². The average Bonchev–Trinajstić information content (AvgIpc) is 2.91. The highest BCUT2D eigenvalue weighted by Gasteiger charge is 2.55. The molecule has 0 saturated carbocycles. The zero-order valence-corrected chi connectivity index (χ0v) is 10.5. The quantitative estimate of drug-likeness (QED) is 0.690. The lowest BCUT2D eigenvalue weighted by Gasteiger charge is -2.34. The minimum atomic E-state index is -1.60. The van der Waals surface area contributed by atoms with Crippen molar-refractivity contribution in [2.24, 2.45) is 20.8 Å². The number of halogens is 1. The van der Waals surface area contributed by atoms with E-state index in [1.54, 1.807) is 0 Å². The standard InChI is InChI=1S/C11H16FN5O2/c1-6-8(11(12)2-7(3-18)19-4-11)17-10(16-6)9(13)14-5-15-17/h5-8,18H,2-4H2,1H3,(H2,13,14,15)/t6?,7-,8?,11?/m0/s1. The molecule has 0 bridgehead atoms. The van der Waals surface area contributed by atoms with Gasteiger partial charge in [-0.05, 0) is 6.92 Å². The first-order chi connectivity index (χ1) is 9.05. The molecule has 3 aliphatic heterocycles. The van der Waals surface area contributed by atoms with Crippen LogP contribution in [-0.2, 0) is 4.74 Å². The largest absolute Gasteiger partial charge is 0.394 e. The molecule has 0 aromatic carbocycles. The fraction of sp³-hybridized carbons (Fsp3) is 0.727. The fourth-order valence-electron chi connectivity index (χ4n) is 2.90. The minimum absolute atomic E-state index is 0.0703. The highest BCUT2D eigenvalue weighted by Crippen LogP contribution is 2.39. The van der Waals surface area contributed by atoms with E-state index in [4.69, 9.17) is 15.6 Å². The van der Waals surface area contributed by atoms with Crippen LogP contribution in [-0.4, -0.2) is 65.2 Å². The molecule has 1 saturated heterocycles. The molecule has 0 aliphatic carbocycles. The number of ether oxygens (including phenoxy) is 1. The molecular formula is C11H16FN5O2. The third-order valence-electron chi connectivity index (χ3n) is 3.73. The number of aliphatic hydroxyl groups is 1. The normalized spacial score (nSPS) is 41.2. The van der Waals surface area contributed by atoms with Crippen LogP contribution in [0.3, 0.4) is 0 Å². The lowest BCUT2D eigenvalue weighted by Crippen LogP contribution is -2.54. The number of hydrogen-bond acceptors (Lipinski definition) is 7. The van der Waals surface area contributed by atoms with Crippen molar-refractivity contribution in [1.29, 1.82) is 0 Å². The van der Waals surface area contributed by atoms with E-state index in [-0.39, 0.29) is 31.5 Å². The van der Waals surface area contributed by atoms with Crippen LogP contribution >= 0.6 is 0 Å². The Labute approximate surface area is 109 Å². The van der Waals surface area contributed by atoms with Gasteiger partial charge in [0.1, 0.15) is 12.4 Å². The monoisotopic (exact) mass is 269 g/mol. The van der Waals surface area contributed by atoms with Crippen molar-refractivity contribution in [3.05, 3.63) is 0 Å². The number of aliphatic hydroxyl groups excluding tert-OH is 1. The molecule has 4 atom stereocenters. The topological polar surface area (TPSA) is 95.8 Å². The van der Waals surface area contributed by atoms with E-state index in [1.165, 1.54) is 11.3 Å². The number of hydrazone groups is 1. The van der Waals surface area contributed by atoms with Gasteiger partial charge in [0.15, 0.2) is 17.3 Å². The summed E-state index contributed by atoms with van der Waals surface area (Å²) in [6.45, 7) is 1.55. The highest BCUT2D eigenvalue weighted by atomic mass is 19.1. The molecule has 0 aromatic rings.